The largest absolute Gasteiger partial charge is 0.467 e. The Labute approximate surface area is 187 Å². The van der Waals surface area contributed by atoms with Crippen molar-refractivity contribution >= 4 is 23.6 Å². The molecule has 7 nitrogen and oxygen atoms in total. The van der Waals surface area contributed by atoms with Crippen LogP contribution >= 0.6 is 11.8 Å². The number of nitrogens with one attached hydrogen (secondary N) is 1. The molecule has 8 heteroatoms. The molecule has 1 aromatic carbocycles. The molecule has 1 unspecified atom stereocenters. The second-order valence-electron chi connectivity index (χ2n) is 7.78. The van der Waals surface area contributed by atoms with Gasteiger partial charge in [-0.15, -0.1) is 10.2 Å². The van der Waals surface area contributed by atoms with Crippen molar-refractivity contribution in [1.29, 1.82) is 0 Å². The number of piperidine rings is 1. The standard InChI is InChI=1S/C23H29N5O2S/c1-18(21(29)24-13-12-19-9-4-2-5-10-19)31-23-26-25-22(27-14-6-3-7-15-27)28(23)17-20-11-8-16-30-20/h2,4-5,8-11,16,18H,3,6-7,12-15,17H2,1H3,(H,24,29). The Hall–Kier alpha value is -2.74. The van der Waals surface area contributed by atoms with Gasteiger partial charge in [0.1, 0.15) is 5.76 Å². The number of amides is 1. The molecule has 31 heavy (non-hydrogen) atoms. The third-order valence-electron chi connectivity index (χ3n) is 5.44. The summed E-state index contributed by atoms with van der Waals surface area (Å²) >= 11 is 1.44. The first-order chi connectivity index (χ1) is 15.2. The molecule has 0 aliphatic carbocycles. The van der Waals surface area contributed by atoms with Crippen LogP contribution in [0, 0.1) is 0 Å². The molecule has 1 amide bonds. The van der Waals surface area contributed by atoms with Crippen molar-refractivity contribution in [1.82, 2.24) is 20.1 Å². The van der Waals surface area contributed by atoms with Gasteiger partial charge in [0.25, 0.3) is 0 Å². The lowest BCUT2D eigenvalue weighted by Gasteiger charge is -2.27. The summed E-state index contributed by atoms with van der Waals surface area (Å²) in [7, 11) is 0. The zero-order valence-electron chi connectivity index (χ0n) is 17.9. The summed E-state index contributed by atoms with van der Waals surface area (Å²) in [6.45, 7) is 5.05. The fourth-order valence-electron chi connectivity index (χ4n) is 3.72. The zero-order chi connectivity index (χ0) is 21.5. The van der Waals surface area contributed by atoms with E-state index in [0.29, 0.717) is 13.1 Å². The van der Waals surface area contributed by atoms with E-state index in [1.807, 2.05) is 37.3 Å². The van der Waals surface area contributed by atoms with E-state index in [1.165, 1.54) is 23.7 Å². The van der Waals surface area contributed by atoms with E-state index in [0.717, 1.165) is 49.2 Å². The number of furan rings is 1. The first-order valence-electron chi connectivity index (χ1n) is 10.9. The van der Waals surface area contributed by atoms with E-state index in [1.54, 1.807) is 6.26 Å². The van der Waals surface area contributed by atoms with Gasteiger partial charge in [-0.3, -0.25) is 9.36 Å². The van der Waals surface area contributed by atoms with E-state index in [-0.39, 0.29) is 11.2 Å². The number of thioether (sulfide) groups is 1. The molecule has 3 heterocycles. The molecule has 1 N–H and O–H groups in total. The maximum atomic E-state index is 12.7. The Morgan fingerprint density at radius 3 is 2.68 bits per heavy atom. The Morgan fingerprint density at radius 1 is 1.13 bits per heavy atom. The minimum atomic E-state index is -0.274. The van der Waals surface area contributed by atoms with Crippen LogP contribution in [0.1, 0.15) is 37.5 Å². The Morgan fingerprint density at radius 2 is 1.94 bits per heavy atom. The van der Waals surface area contributed by atoms with Crippen molar-refractivity contribution in [3.05, 3.63) is 60.1 Å². The molecule has 2 aromatic heterocycles. The zero-order valence-corrected chi connectivity index (χ0v) is 18.7. The van der Waals surface area contributed by atoms with E-state index in [9.17, 15) is 4.79 Å². The SMILES string of the molecule is CC(Sc1nnc(N2CCCCC2)n1Cc1ccco1)C(=O)NCCc1ccccc1. The number of rotatable bonds is 9. The molecule has 0 bridgehead atoms. The van der Waals surface area contributed by atoms with Gasteiger partial charge in [0, 0.05) is 19.6 Å². The van der Waals surface area contributed by atoms with Crippen LogP contribution < -0.4 is 10.2 Å². The van der Waals surface area contributed by atoms with E-state index < -0.39 is 0 Å². The highest BCUT2D eigenvalue weighted by molar-refractivity contribution is 8.00. The molecule has 0 spiro atoms. The molecule has 1 aliphatic heterocycles. The van der Waals surface area contributed by atoms with Gasteiger partial charge in [-0.2, -0.15) is 0 Å². The topological polar surface area (TPSA) is 76.2 Å². The fourth-order valence-corrected chi connectivity index (χ4v) is 4.59. The minimum Gasteiger partial charge on any atom is -0.467 e. The summed E-state index contributed by atoms with van der Waals surface area (Å²) in [5.74, 6) is 1.71. The van der Waals surface area contributed by atoms with E-state index >= 15 is 0 Å². The maximum Gasteiger partial charge on any atom is 0.233 e. The summed E-state index contributed by atoms with van der Waals surface area (Å²) in [4.78, 5) is 14.9. The van der Waals surface area contributed by atoms with Crippen LogP contribution in [-0.4, -0.2) is 45.6 Å². The predicted molar refractivity (Wildman–Crippen MR) is 122 cm³/mol. The average molecular weight is 440 g/mol. The number of carbonyl (C=O) groups is 1. The monoisotopic (exact) mass is 439 g/mol. The van der Waals surface area contributed by atoms with Crippen molar-refractivity contribution in [3.8, 4) is 0 Å². The molecule has 4 rings (SSSR count). The third-order valence-corrected chi connectivity index (χ3v) is 6.52. The first kappa shape index (κ1) is 21.5. The molecular weight excluding hydrogens is 410 g/mol. The molecule has 1 atom stereocenters. The maximum absolute atomic E-state index is 12.7. The lowest BCUT2D eigenvalue weighted by atomic mass is 10.1. The second kappa shape index (κ2) is 10.5. The van der Waals surface area contributed by atoms with E-state index in [4.69, 9.17) is 4.42 Å². The highest BCUT2D eigenvalue weighted by atomic mass is 32.2. The number of anilines is 1. The van der Waals surface area contributed by atoms with Crippen LogP contribution in [0.2, 0.25) is 0 Å². The van der Waals surface area contributed by atoms with Crippen LogP contribution in [0.4, 0.5) is 5.95 Å². The van der Waals surface area contributed by atoms with Gasteiger partial charge in [0.15, 0.2) is 5.16 Å². The third kappa shape index (κ3) is 5.70. The predicted octanol–water partition coefficient (Wildman–Crippen LogP) is 3.75. The number of hydrogen-bond donors (Lipinski definition) is 1. The summed E-state index contributed by atoms with van der Waals surface area (Å²) < 4.78 is 7.64. The molecule has 1 saturated heterocycles. The van der Waals surface area contributed by atoms with Crippen LogP contribution in [0.25, 0.3) is 0 Å². The Bertz CT molecular complexity index is 952. The van der Waals surface area contributed by atoms with Gasteiger partial charge in [0.05, 0.1) is 18.1 Å². The van der Waals surface area contributed by atoms with Gasteiger partial charge in [-0.25, -0.2) is 0 Å². The van der Waals surface area contributed by atoms with Gasteiger partial charge >= 0.3 is 0 Å². The highest BCUT2D eigenvalue weighted by Crippen LogP contribution is 2.28. The number of aromatic nitrogens is 3. The van der Waals surface area contributed by atoms with Crippen molar-refractivity contribution in [3.63, 3.8) is 0 Å². The summed E-state index contributed by atoms with van der Waals surface area (Å²) in [6.07, 6.45) is 6.07. The van der Waals surface area contributed by atoms with Crippen molar-refractivity contribution < 1.29 is 9.21 Å². The molecule has 0 radical (unpaired) electrons. The molecule has 1 fully saturated rings. The number of nitrogens with zero attached hydrogens (tertiary/aromatic N) is 4. The Balaban J connectivity index is 1.41. The van der Waals surface area contributed by atoms with Gasteiger partial charge in [0.2, 0.25) is 11.9 Å². The summed E-state index contributed by atoms with van der Waals surface area (Å²) in [6, 6.07) is 14.0. The van der Waals surface area contributed by atoms with Crippen molar-refractivity contribution in [2.45, 2.75) is 49.6 Å². The molecular formula is C23H29N5O2S. The molecule has 0 saturated carbocycles. The van der Waals surface area contributed by atoms with Gasteiger partial charge in [-0.1, -0.05) is 42.1 Å². The summed E-state index contributed by atoms with van der Waals surface area (Å²) in [5, 5.41) is 12.4. The fraction of sp³-hybridized carbons (Fsp3) is 0.435. The first-order valence-corrected chi connectivity index (χ1v) is 11.8. The minimum absolute atomic E-state index is 0.00741. The van der Waals surface area contributed by atoms with Crippen LogP contribution in [-0.2, 0) is 17.8 Å². The Kier molecular flexibility index (Phi) is 7.30. The smallest absolute Gasteiger partial charge is 0.233 e. The quantitative estimate of drug-likeness (QED) is 0.512. The lowest BCUT2D eigenvalue weighted by Crippen LogP contribution is -2.33. The van der Waals surface area contributed by atoms with Crippen LogP contribution in [0.3, 0.4) is 0 Å². The normalized spacial score (nSPS) is 15.1. The van der Waals surface area contributed by atoms with Gasteiger partial charge in [-0.05, 0) is 50.3 Å². The van der Waals surface area contributed by atoms with E-state index in [2.05, 4.69) is 37.1 Å². The van der Waals surface area contributed by atoms with Gasteiger partial charge < -0.3 is 14.6 Å². The molecule has 164 valence electrons. The molecule has 3 aromatic rings. The second-order valence-corrected chi connectivity index (χ2v) is 9.09. The van der Waals surface area contributed by atoms with Crippen LogP contribution in [0.15, 0.2) is 58.3 Å². The van der Waals surface area contributed by atoms with Crippen molar-refractivity contribution in [2.75, 3.05) is 24.5 Å². The van der Waals surface area contributed by atoms with Crippen LogP contribution in [0.5, 0.6) is 0 Å². The lowest BCUT2D eigenvalue weighted by molar-refractivity contribution is -0.120. The summed E-state index contributed by atoms with van der Waals surface area (Å²) in [5.41, 5.74) is 1.22. The number of carbonyl (C=O) groups excluding carboxylic acids is 1. The van der Waals surface area contributed by atoms with Crippen molar-refractivity contribution in [2.24, 2.45) is 0 Å². The number of hydrogen-bond acceptors (Lipinski definition) is 6. The highest BCUT2D eigenvalue weighted by Gasteiger charge is 2.24. The number of benzene rings is 1. The average Bonchev–Trinajstić information content (AvgIpc) is 3.46. The molecule has 1 aliphatic rings.